The van der Waals surface area contributed by atoms with E-state index in [2.05, 4.69) is 15.2 Å². The molecule has 110 valence electrons. The van der Waals surface area contributed by atoms with Gasteiger partial charge >= 0.3 is 4.87 Å². The second-order valence-electron chi connectivity index (χ2n) is 4.33. The molecule has 2 aromatic rings. The number of non-ortho nitro benzene ring substituents is 1. The van der Waals surface area contributed by atoms with Gasteiger partial charge in [-0.25, -0.2) is 0 Å². The molecule has 2 heterocycles. The molecule has 1 aromatic heterocycles. The molecular weight excluding hydrogens is 308 g/mol. The normalized spacial score (nSPS) is 15.3. The topological polar surface area (TPSA) is 121 Å². The van der Waals surface area contributed by atoms with Crippen LogP contribution in [0.15, 0.2) is 44.8 Å². The first-order valence-corrected chi connectivity index (χ1v) is 6.86. The van der Waals surface area contributed by atoms with Crippen molar-refractivity contribution in [1.29, 1.82) is 0 Å². The zero-order valence-corrected chi connectivity index (χ0v) is 11.7. The number of benzene rings is 1. The zero-order chi connectivity index (χ0) is 15.7. The smallest absolute Gasteiger partial charge is 0.307 e. The summed E-state index contributed by atoms with van der Waals surface area (Å²) in [6, 6.07) is 6.00. The van der Waals surface area contributed by atoms with Gasteiger partial charge in [-0.1, -0.05) is 23.5 Å². The summed E-state index contributed by atoms with van der Waals surface area (Å²) in [6.45, 7) is 0. The van der Waals surface area contributed by atoms with E-state index in [0.29, 0.717) is 21.7 Å². The predicted octanol–water partition coefficient (Wildman–Crippen LogP) is 1.92. The SMILES string of the molecule is O=c1[nH]c(O)c(/C=C2/C=NN=C2c2cccc([N+](=O)[O-])c2)s1. The lowest BCUT2D eigenvalue weighted by Crippen LogP contribution is -2.03. The summed E-state index contributed by atoms with van der Waals surface area (Å²) < 4.78 is 0. The van der Waals surface area contributed by atoms with Crippen LogP contribution < -0.4 is 4.87 Å². The molecule has 0 fully saturated rings. The number of nitrogens with one attached hydrogen (secondary N) is 1. The molecule has 2 N–H and O–H groups in total. The highest BCUT2D eigenvalue weighted by atomic mass is 32.1. The van der Waals surface area contributed by atoms with Gasteiger partial charge < -0.3 is 5.11 Å². The molecular formula is C13H8N4O4S. The summed E-state index contributed by atoms with van der Waals surface area (Å²) in [4.78, 5) is 23.8. The third-order valence-electron chi connectivity index (χ3n) is 2.90. The highest BCUT2D eigenvalue weighted by molar-refractivity contribution is 7.10. The first kappa shape index (κ1) is 13.9. The molecule has 22 heavy (non-hydrogen) atoms. The highest BCUT2D eigenvalue weighted by Crippen LogP contribution is 2.24. The van der Waals surface area contributed by atoms with Crippen LogP contribution in [0.3, 0.4) is 0 Å². The van der Waals surface area contributed by atoms with E-state index in [1.54, 1.807) is 18.2 Å². The average Bonchev–Trinajstić information content (AvgIpc) is 3.06. The number of nitro benzene ring substituents is 1. The Kier molecular flexibility index (Phi) is 3.39. The van der Waals surface area contributed by atoms with Crippen LogP contribution in [0, 0.1) is 10.1 Å². The van der Waals surface area contributed by atoms with Gasteiger partial charge in [-0.05, 0) is 6.08 Å². The number of thiazole rings is 1. The van der Waals surface area contributed by atoms with Gasteiger partial charge in [-0.2, -0.15) is 5.10 Å². The van der Waals surface area contributed by atoms with Gasteiger partial charge in [0.1, 0.15) is 5.71 Å². The molecule has 0 aliphatic carbocycles. The molecule has 8 nitrogen and oxygen atoms in total. The van der Waals surface area contributed by atoms with Crippen molar-refractivity contribution in [2.24, 2.45) is 10.2 Å². The van der Waals surface area contributed by atoms with Crippen LogP contribution in [0.4, 0.5) is 5.69 Å². The number of H-pyrrole nitrogens is 1. The second kappa shape index (κ2) is 5.37. The minimum Gasteiger partial charge on any atom is -0.493 e. The average molecular weight is 316 g/mol. The molecule has 0 bridgehead atoms. The number of hydrogen-bond acceptors (Lipinski definition) is 7. The fourth-order valence-corrected chi connectivity index (χ4v) is 2.62. The van der Waals surface area contributed by atoms with Crippen molar-refractivity contribution in [2.45, 2.75) is 0 Å². The van der Waals surface area contributed by atoms with Crippen molar-refractivity contribution < 1.29 is 10.0 Å². The number of nitro groups is 1. The Morgan fingerprint density at radius 2 is 2.23 bits per heavy atom. The van der Waals surface area contributed by atoms with E-state index in [4.69, 9.17) is 0 Å². The Balaban J connectivity index is 2.01. The molecule has 0 saturated carbocycles. The predicted molar refractivity (Wildman–Crippen MR) is 82.7 cm³/mol. The van der Waals surface area contributed by atoms with Gasteiger partial charge in [0, 0.05) is 23.3 Å². The van der Waals surface area contributed by atoms with Crippen LogP contribution >= 0.6 is 11.3 Å². The summed E-state index contributed by atoms with van der Waals surface area (Å²) in [5.74, 6) is -0.235. The second-order valence-corrected chi connectivity index (χ2v) is 5.34. The maximum Gasteiger partial charge on any atom is 0.307 e. The quantitative estimate of drug-likeness (QED) is 0.663. The Morgan fingerprint density at radius 3 is 2.91 bits per heavy atom. The van der Waals surface area contributed by atoms with Gasteiger partial charge in [0.15, 0.2) is 0 Å². The third-order valence-corrected chi connectivity index (χ3v) is 3.72. The Labute approximate surface area is 126 Å². The maximum absolute atomic E-state index is 11.2. The summed E-state index contributed by atoms with van der Waals surface area (Å²) in [5.41, 5.74) is 1.45. The molecule has 0 unspecified atom stereocenters. The fourth-order valence-electron chi connectivity index (χ4n) is 1.94. The van der Waals surface area contributed by atoms with Crippen LogP contribution in [0.2, 0.25) is 0 Å². The van der Waals surface area contributed by atoms with E-state index >= 15 is 0 Å². The molecule has 0 radical (unpaired) electrons. The maximum atomic E-state index is 11.2. The Bertz CT molecular complexity index is 907. The van der Waals surface area contributed by atoms with Gasteiger partial charge in [0.05, 0.1) is 16.0 Å². The number of hydrogen-bond donors (Lipinski definition) is 2. The van der Waals surface area contributed by atoms with E-state index in [1.807, 2.05) is 0 Å². The molecule has 0 atom stereocenters. The highest BCUT2D eigenvalue weighted by Gasteiger charge is 2.17. The van der Waals surface area contributed by atoms with Crippen molar-refractivity contribution >= 4 is 35.0 Å². The van der Waals surface area contributed by atoms with Crippen LogP contribution in [0.25, 0.3) is 6.08 Å². The molecule has 1 aliphatic rings. The van der Waals surface area contributed by atoms with Crippen LogP contribution in [-0.4, -0.2) is 26.9 Å². The van der Waals surface area contributed by atoms with E-state index < -0.39 is 4.92 Å². The summed E-state index contributed by atoms with van der Waals surface area (Å²) in [6.07, 6.45) is 3.00. The number of nitrogens with zero attached hydrogens (tertiary/aromatic N) is 3. The molecule has 1 aliphatic heterocycles. The largest absolute Gasteiger partial charge is 0.493 e. The number of allylic oxidation sites excluding steroid dienone is 1. The Hall–Kier alpha value is -3.07. The lowest BCUT2D eigenvalue weighted by Gasteiger charge is -2.02. The summed E-state index contributed by atoms with van der Waals surface area (Å²) >= 11 is 0.844. The first-order valence-electron chi connectivity index (χ1n) is 6.04. The first-order chi connectivity index (χ1) is 10.5. The van der Waals surface area contributed by atoms with Crippen LogP contribution in [-0.2, 0) is 0 Å². The number of rotatable bonds is 3. The van der Waals surface area contributed by atoms with Crippen molar-refractivity contribution in [1.82, 2.24) is 4.98 Å². The zero-order valence-electron chi connectivity index (χ0n) is 10.9. The molecule has 3 rings (SSSR count). The van der Waals surface area contributed by atoms with Crippen LogP contribution in [0.1, 0.15) is 10.4 Å². The molecule has 0 amide bonds. The van der Waals surface area contributed by atoms with E-state index in [9.17, 15) is 20.0 Å². The van der Waals surface area contributed by atoms with E-state index in [1.165, 1.54) is 18.3 Å². The minimum absolute atomic E-state index is 0.0550. The Morgan fingerprint density at radius 1 is 1.41 bits per heavy atom. The van der Waals surface area contributed by atoms with Gasteiger partial charge in [-0.15, -0.1) is 5.10 Å². The van der Waals surface area contributed by atoms with Crippen molar-refractivity contribution in [3.05, 3.63) is 60.1 Å². The van der Waals surface area contributed by atoms with E-state index in [0.717, 1.165) is 11.3 Å². The van der Waals surface area contributed by atoms with Gasteiger partial charge in [0.2, 0.25) is 5.88 Å². The molecule has 1 aromatic carbocycles. The summed E-state index contributed by atoms with van der Waals surface area (Å²) in [5, 5.41) is 28.2. The van der Waals surface area contributed by atoms with E-state index in [-0.39, 0.29) is 16.4 Å². The van der Waals surface area contributed by atoms with Crippen molar-refractivity contribution in [3.8, 4) is 5.88 Å². The van der Waals surface area contributed by atoms with Crippen molar-refractivity contribution in [2.75, 3.05) is 0 Å². The van der Waals surface area contributed by atoms with Gasteiger partial charge in [0.25, 0.3) is 5.69 Å². The standard InChI is InChI=1S/C13H8N4O4S/c18-12-10(22-13(19)15-12)5-8-6-14-16-11(8)7-2-1-3-9(4-7)17(20)21/h1-6,18H,(H,15,19)/b8-5-. The monoisotopic (exact) mass is 316 g/mol. The molecule has 9 heteroatoms. The van der Waals surface area contributed by atoms with Gasteiger partial charge in [-0.3, -0.25) is 19.9 Å². The molecule has 0 saturated heterocycles. The molecule has 0 spiro atoms. The number of aromatic hydroxyl groups is 1. The number of aromatic nitrogens is 1. The third kappa shape index (κ3) is 2.56. The summed E-state index contributed by atoms with van der Waals surface area (Å²) in [7, 11) is 0. The lowest BCUT2D eigenvalue weighted by molar-refractivity contribution is -0.384. The lowest BCUT2D eigenvalue weighted by atomic mass is 10.0. The minimum atomic E-state index is -0.493. The van der Waals surface area contributed by atoms with Crippen molar-refractivity contribution in [3.63, 3.8) is 0 Å². The fraction of sp³-hybridized carbons (Fsp3) is 0. The number of aromatic amines is 1. The van der Waals surface area contributed by atoms with Crippen LogP contribution in [0.5, 0.6) is 5.88 Å².